The molecule has 0 bridgehead atoms. The molecule has 0 fully saturated rings. The molecular formula is C26H24N4O4S. The van der Waals surface area contributed by atoms with E-state index >= 15 is 0 Å². The maximum absolute atomic E-state index is 12.7. The van der Waals surface area contributed by atoms with Crippen molar-refractivity contribution >= 4 is 27.4 Å². The molecule has 0 unspecified atom stereocenters. The van der Waals surface area contributed by atoms with Crippen molar-refractivity contribution in [2.75, 3.05) is 16.6 Å². The molecule has 0 spiro atoms. The van der Waals surface area contributed by atoms with Gasteiger partial charge in [0.15, 0.2) is 6.61 Å². The molecule has 9 heteroatoms. The van der Waals surface area contributed by atoms with Crippen molar-refractivity contribution in [1.82, 2.24) is 9.97 Å². The number of amides is 1. The van der Waals surface area contributed by atoms with Gasteiger partial charge < -0.3 is 10.1 Å². The van der Waals surface area contributed by atoms with E-state index < -0.39 is 10.0 Å². The lowest BCUT2D eigenvalue weighted by atomic mass is 10.1. The Morgan fingerprint density at radius 2 is 1.57 bits per heavy atom. The minimum atomic E-state index is -3.85. The highest BCUT2D eigenvalue weighted by molar-refractivity contribution is 7.92. The van der Waals surface area contributed by atoms with Gasteiger partial charge in [-0.2, -0.15) is 0 Å². The Hall–Kier alpha value is -4.24. The van der Waals surface area contributed by atoms with Gasteiger partial charge in [0, 0.05) is 23.0 Å². The van der Waals surface area contributed by atoms with Crippen molar-refractivity contribution in [3.8, 4) is 16.9 Å². The summed E-state index contributed by atoms with van der Waals surface area (Å²) < 4.78 is 33.6. The maximum Gasteiger partial charge on any atom is 0.263 e. The van der Waals surface area contributed by atoms with E-state index in [4.69, 9.17) is 4.74 Å². The van der Waals surface area contributed by atoms with E-state index in [0.29, 0.717) is 23.0 Å². The van der Waals surface area contributed by atoms with Crippen LogP contribution in [0.1, 0.15) is 11.5 Å². The number of anilines is 2. The van der Waals surface area contributed by atoms with Crippen LogP contribution >= 0.6 is 0 Å². The SMILES string of the molecule is Cc1cc(NS(=O)(=O)c2ccc(NC(=O)COc3ccccc3-c3ccccc3)cc2)nc(C)n1. The summed E-state index contributed by atoms with van der Waals surface area (Å²) in [6, 6.07) is 24.6. The molecule has 4 aromatic rings. The summed E-state index contributed by atoms with van der Waals surface area (Å²) >= 11 is 0. The van der Waals surface area contributed by atoms with Crippen molar-refractivity contribution in [2.24, 2.45) is 0 Å². The number of para-hydroxylation sites is 1. The first-order chi connectivity index (χ1) is 16.8. The van der Waals surface area contributed by atoms with Crippen LogP contribution in [0.2, 0.25) is 0 Å². The van der Waals surface area contributed by atoms with Gasteiger partial charge in [-0.05, 0) is 49.7 Å². The third-order valence-electron chi connectivity index (χ3n) is 4.98. The summed E-state index contributed by atoms with van der Waals surface area (Å²) in [5.41, 5.74) is 2.97. The second kappa shape index (κ2) is 10.4. The number of benzene rings is 3. The number of ether oxygens (including phenoxy) is 1. The fraction of sp³-hybridized carbons (Fsp3) is 0.115. The molecule has 1 aromatic heterocycles. The lowest BCUT2D eigenvalue weighted by Gasteiger charge is -2.12. The highest BCUT2D eigenvalue weighted by atomic mass is 32.2. The molecule has 0 aliphatic rings. The monoisotopic (exact) mass is 488 g/mol. The number of aryl methyl sites for hydroxylation is 2. The first-order valence-corrected chi connectivity index (χ1v) is 12.3. The Morgan fingerprint density at radius 1 is 0.886 bits per heavy atom. The highest BCUT2D eigenvalue weighted by Crippen LogP contribution is 2.29. The largest absolute Gasteiger partial charge is 0.483 e. The van der Waals surface area contributed by atoms with Gasteiger partial charge >= 0.3 is 0 Å². The van der Waals surface area contributed by atoms with Gasteiger partial charge in [-0.15, -0.1) is 0 Å². The van der Waals surface area contributed by atoms with Crippen LogP contribution in [-0.2, 0) is 14.8 Å². The molecule has 8 nitrogen and oxygen atoms in total. The molecule has 4 rings (SSSR count). The van der Waals surface area contributed by atoms with Crippen LogP contribution in [-0.4, -0.2) is 30.9 Å². The summed E-state index contributed by atoms with van der Waals surface area (Å²) in [6.45, 7) is 3.25. The Morgan fingerprint density at radius 3 is 2.29 bits per heavy atom. The minimum Gasteiger partial charge on any atom is -0.483 e. The molecule has 178 valence electrons. The normalized spacial score (nSPS) is 11.0. The first kappa shape index (κ1) is 23.9. The number of nitrogens with one attached hydrogen (secondary N) is 2. The average molecular weight is 489 g/mol. The van der Waals surface area contributed by atoms with Crippen LogP contribution in [0.3, 0.4) is 0 Å². The summed E-state index contributed by atoms with van der Waals surface area (Å²) in [4.78, 5) is 20.7. The van der Waals surface area contributed by atoms with Gasteiger partial charge in [0.2, 0.25) is 0 Å². The fourth-order valence-electron chi connectivity index (χ4n) is 3.47. The molecule has 1 amide bonds. The molecule has 0 saturated carbocycles. The average Bonchev–Trinajstić information content (AvgIpc) is 2.83. The topological polar surface area (TPSA) is 110 Å². The van der Waals surface area contributed by atoms with Crippen LogP contribution in [0.5, 0.6) is 5.75 Å². The number of aromatic nitrogens is 2. The molecule has 3 aromatic carbocycles. The van der Waals surface area contributed by atoms with E-state index in [1.165, 1.54) is 24.3 Å². The molecule has 1 heterocycles. The van der Waals surface area contributed by atoms with Crippen LogP contribution < -0.4 is 14.8 Å². The molecule has 0 saturated heterocycles. The highest BCUT2D eigenvalue weighted by Gasteiger charge is 2.16. The predicted octanol–water partition coefficient (Wildman–Crippen LogP) is 4.58. The predicted molar refractivity (Wildman–Crippen MR) is 135 cm³/mol. The summed E-state index contributed by atoms with van der Waals surface area (Å²) in [7, 11) is -3.85. The van der Waals surface area contributed by atoms with Crippen LogP contribution in [0.4, 0.5) is 11.5 Å². The van der Waals surface area contributed by atoms with Gasteiger partial charge in [0.1, 0.15) is 17.4 Å². The van der Waals surface area contributed by atoms with Crippen LogP contribution in [0, 0.1) is 13.8 Å². The summed E-state index contributed by atoms with van der Waals surface area (Å²) in [5.74, 6) is 0.889. The van der Waals surface area contributed by atoms with Crippen LogP contribution in [0.15, 0.2) is 89.8 Å². The summed E-state index contributed by atoms with van der Waals surface area (Å²) in [6.07, 6.45) is 0. The zero-order chi connectivity index (χ0) is 24.8. The third-order valence-corrected chi connectivity index (χ3v) is 6.35. The molecule has 0 atom stereocenters. The van der Waals surface area contributed by atoms with Crippen molar-refractivity contribution in [2.45, 2.75) is 18.7 Å². The Kier molecular flexibility index (Phi) is 7.07. The number of carbonyl (C=O) groups excluding carboxylic acids is 1. The van der Waals surface area contributed by atoms with E-state index in [0.717, 1.165) is 11.1 Å². The van der Waals surface area contributed by atoms with Crippen molar-refractivity contribution in [3.05, 3.63) is 96.4 Å². The zero-order valence-electron chi connectivity index (χ0n) is 19.2. The zero-order valence-corrected chi connectivity index (χ0v) is 20.0. The number of rotatable bonds is 8. The van der Waals surface area contributed by atoms with E-state index in [-0.39, 0.29) is 23.2 Å². The second-order valence-electron chi connectivity index (χ2n) is 7.77. The van der Waals surface area contributed by atoms with Gasteiger partial charge in [0.25, 0.3) is 15.9 Å². The molecule has 0 aliphatic heterocycles. The minimum absolute atomic E-state index is 0.0393. The molecular weight excluding hydrogens is 464 g/mol. The quantitative estimate of drug-likeness (QED) is 0.376. The molecule has 2 N–H and O–H groups in total. The van der Waals surface area contributed by atoms with Gasteiger partial charge in [-0.1, -0.05) is 48.5 Å². The molecule has 0 aliphatic carbocycles. The van der Waals surface area contributed by atoms with E-state index in [2.05, 4.69) is 20.0 Å². The number of hydrogen-bond donors (Lipinski definition) is 2. The van der Waals surface area contributed by atoms with Crippen molar-refractivity contribution < 1.29 is 17.9 Å². The van der Waals surface area contributed by atoms with Crippen molar-refractivity contribution in [1.29, 1.82) is 0 Å². The third kappa shape index (κ3) is 6.21. The number of nitrogens with zero attached hydrogens (tertiary/aromatic N) is 2. The standard InChI is InChI=1S/C26H24N4O4S/c1-18-16-25(28-19(2)27-18)30-35(32,33)22-14-12-21(13-15-22)29-26(31)17-34-24-11-7-6-10-23(24)20-8-4-3-5-9-20/h3-16H,17H2,1-2H3,(H,29,31)(H,27,28,30). The van der Waals surface area contributed by atoms with Gasteiger partial charge in [-0.3, -0.25) is 9.52 Å². The van der Waals surface area contributed by atoms with Crippen LogP contribution in [0.25, 0.3) is 11.1 Å². The van der Waals surface area contributed by atoms with Crippen molar-refractivity contribution in [3.63, 3.8) is 0 Å². The van der Waals surface area contributed by atoms with Gasteiger partial charge in [0.05, 0.1) is 4.90 Å². The number of sulfonamides is 1. The smallest absolute Gasteiger partial charge is 0.263 e. The Balaban J connectivity index is 1.38. The Labute approximate surface area is 204 Å². The van der Waals surface area contributed by atoms with Gasteiger partial charge in [-0.25, -0.2) is 18.4 Å². The second-order valence-corrected chi connectivity index (χ2v) is 9.45. The fourth-order valence-corrected chi connectivity index (χ4v) is 4.46. The summed E-state index contributed by atoms with van der Waals surface area (Å²) in [5, 5.41) is 2.71. The number of carbonyl (C=O) groups is 1. The molecule has 35 heavy (non-hydrogen) atoms. The van der Waals surface area contributed by atoms with E-state index in [9.17, 15) is 13.2 Å². The van der Waals surface area contributed by atoms with E-state index in [1.54, 1.807) is 19.9 Å². The molecule has 0 radical (unpaired) electrons. The lowest BCUT2D eigenvalue weighted by Crippen LogP contribution is -2.20. The Bertz CT molecular complexity index is 1420. The van der Waals surface area contributed by atoms with E-state index in [1.807, 2.05) is 54.6 Å². The lowest BCUT2D eigenvalue weighted by molar-refractivity contribution is -0.118. The first-order valence-electron chi connectivity index (χ1n) is 10.8. The number of hydrogen-bond acceptors (Lipinski definition) is 6. The maximum atomic E-state index is 12.7.